The van der Waals surface area contributed by atoms with E-state index < -0.39 is 6.04 Å². The Morgan fingerprint density at radius 3 is 1.34 bits per heavy atom. The van der Waals surface area contributed by atoms with Crippen molar-refractivity contribution in [3.63, 3.8) is 0 Å². The zero-order valence-corrected chi connectivity index (χ0v) is 59.7. The number of hydrogen-bond donors (Lipinski definition) is 9. The largest absolute Gasteiger partial charge is 0.508 e. The first-order valence-corrected chi connectivity index (χ1v) is 37.1. The number of allylic oxidation sites excluding steroid dienone is 1. The summed E-state index contributed by atoms with van der Waals surface area (Å²) in [7, 11) is 0. The van der Waals surface area contributed by atoms with E-state index in [2.05, 4.69) is 186 Å². The van der Waals surface area contributed by atoms with Gasteiger partial charge in [0.15, 0.2) is 5.78 Å². The molecule has 19 heteroatoms. The lowest BCUT2D eigenvalue weighted by atomic mass is 9.92. The number of phenolic OH excluding ortho intramolecular Hbond substituents is 1. The molecule has 500 valence electrons. The van der Waals surface area contributed by atoms with E-state index in [0.29, 0.717) is 69.1 Å². The zero-order valence-electron chi connectivity index (χ0n) is 56.4. The van der Waals surface area contributed by atoms with Crippen LogP contribution >= 0.6 is 45.3 Å². The summed E-state index contributed by atoms with van der Waals surface area (Å²) < 4.78 is 0. The van der Waals surface area contributed by atoms with E-state index in [-0.39, 0.29) is 23.4 Å². The van der Waals surface area contributed by atoms with E-state index >= 15 is 0 Å². The second-order valence-corrected chi connectivity index (χ2v) is 30.4. The summed E-state index contributed by atoms with van der Waals surface area (Å²) in [5.74, 6) is 1.56. The van der Waals surface area contributed by atoms with Crippen LogP contribution in [0.4, 0.5) is 34.1 Å². The fraction of sp³-hybridized carbons (Fsp3) is 0.308. The second-order valence-electron chi connectivity index (χ2n) is 26.7. The highest BCUT2D eigenvalue weighted by Crippen LogP contribution is 2.45. The number of aromatic nitrogens is 4. The van der Waals surface area contributed by atoms with Crippen molar-refractivity contribution >= 4 is 161 Å². The zero-order chi connectivity index (χ0) is 68.0. The Hall–Kier alpha value is -8.82. The molecule has 0 aliphatic heterocycles. The van der Waals surface area contributed by atoms with E-state index in [1.807, 2.05) is 31.4 Å². The molecule has 0 saturated carbocycles. The number of unbranched alkanes of at least 4 members (excludes halogenated alkanes) is 1. The maximum absolute atomic E-state index is 12.9. The van der Waals surface area contributed by atoms with Gasteiger partial charge in [0.05, 0.1) is 49.3 Å². The van der Waals surface area contributed by atoms with Crippen molar-refractivity contribution in [2.75, 3.05) is 38.4 Å². The third kappa shape index (κ3) is 15.9. The third-order valence-electron chi connectivity index (χ3n) is 17.5. The molecule has 97 heavy (non-hydrogen) atoms. The van der Waals surface area contributed by atoms with Gasteiger partial charge < -0.3 is 48.5 Å². The molecule has 13 aromatic rings. The molecule has 0 aliphatic carbocycles. The van der Waals surface area contributed by atoms with Crippen molar-refractivity contribution in [1.82, 2.24) is 19.9 Å². The number of phenols is 1. The molecule has 4 heterocycles. The van der Waals surface area contributed by atoms with Crippen molar-refractivity contribution in [3.8, 4) is 5.75 Å². The molecule has 11 N–H and O–H groups in total. The average molecular weight is 1370 g/mol. The van der Waals surface area contributed by atoms with Crippen LogP contribution in [0.1, 0.15) is 128 Å². The van der Waals surface area contributed by atoms with Gasteiger partial charge in [-0.25, -0.2) is 19.9 Å². The van der Waals surface area contributed by atoms with Gasteiger partial charge in [-0.05, 0) is 142 Å². The number of benzene rings is 9. The van der Waals surface area contributed by atoms with Crippen LogP contribution in [0.5, 0.6) is 5.75 Å². The van der Waals surface area contributed by atoms with Crippen LogP contribution in [0.3, 0.4) is 0 Å². The number of carbonyl (C=O) groups is 2. The van der Waals surface area contributed by atoms with Gasteiger partial charge in [-0.3, -0.25) is 9.59 Å². The van der Waals surface area contributed by atoms with Crippen LogP contribution in [-0.2, 0) is 50.4 Å². The fourth-order valence-corrected chi connectivity index (χ4v) is 15.5. The average Bonchev–Trinajstić information content (AvgIpc) is 1.74. The van der Waals surface area contributed by atoms with Crippen LogP contribution < -0.4 is 43.4 Å². The van der Waals surface area contributed by atoms with Gasteiger partial charge in [-0.15, -0.1) is 45.3 Å². The van der Waals surface area contributed by atoms with Crippen LogP contribution in [0, 0.1) is 23.7 Å². The molecule has 13 rings (SSSR count). The van der Waals surface area contributed by atoms with Gasteiger partial charge in [0.1, 0.15) is 31.5 Å². The summed E-state index contributed by atoms with van der Waals surface area (Å²) in [5, 5.41) is 57.3. The Morgan fingerprint density at radius 2 is 0.907 bits per heavy atom. The maximum atomic E-state index is 12.9. The summed E-state index contributed by atoms with van der Waals surface area (Å²) in [6.07, 6.45) is 4.29. The first-order valence-electron chi connectivity index (χ1n) is 33.6. The van der Waals surface area contributed by atoms with Crippen molar-refractivity contribution in [2.45, 2.75) is 126 Å². The molecule has 0 radical (unpaired) electrons. The van der Waals surface area contributed by atoms with E-state index in [0.717, 1.165) is 151 Å². The van der Waals surface area contributed by atoms with Gasteiger partial charge in [0, 0.05) is 100 Å². The highest BCUT2D eigenvalue weighted by molar-refractivity contribution is 7.10. The minimum Gasteiger partial charge on any atom is -0.508 e. The normalized spacial score (nSPS) is 12.1. The van der Waals surface area contributed by atoms with Crippen molar-refractivity contribution < 1.29 is 14.7 Å². The Balaban J connectivity index is 0.000000185. The lowest BCUT2D eigenvalue weighted by molar-refractivity contribution is -0.117. The van der Waals surface area contributed by atoms with E-state index in [4.69, 9.17) is 26.4 Å². The smallest absolute Gasteiger partial charge is 0.241 e. The number of hydrogen-bond acceptors (Lipinski definition) is 18. The Morgan fingerprint density at radius 1 is 0.485 bits per heavy atom. The van der Waals surface area contributed by atoms with Gasteiger partial charge in [-0.2, -0.15) is 0 Å². The fourth-order valence-electron chi connectivity index (χ4n) is 12.5. The number of nitrogens with one attached hydrogen (secondary N) is 6. The molecule has 9 aromatic carbocycles. The molecule has 15 nitrogen and oxygen atoms in total. The number of anilines is 6. The van der Waals surface area contributed by atoms with Crippen molar-refractivity contribution in [3.05, 3.63) is 186 Å². The highest BCUT2D eigenvalue weighted by Gasteiger charge is 2.22. The monoisotopic (exact) mass is 1370 g/mol. The Kier molecular flexibility index (Phi) is 21.3. The molecule has 0 bridgehead atoms. The molecule has 0 unspecified atom stereocenters. The summed E-state index contributed by atoms with van der Waals surface area (Å²) in [6, 6.07) is 37.1. The van der Waals surface area contributed by atoms with E-state index in [9.17, 15) is 14.7 Å². The molecule has 0 spiro atoms. The van der Waals surface area contributed by atoms with Crippen LogP contribution in [0.15, 0.2) is 137 Å². The van der Waals surface area contributed by atoms with E-state index in [1.165, 1.54) is 32.9 Å². The van der Waals surface area contributed by atoms with Gasteiger partial charge in [-0.1, -0.05) is 129 Å². The highest BCUT2D eigenvalue weighted by atomic mass is 32.1. The SMILES string of the molecule is C=C(c1csc(CNc2cc(NCc3nc(C(=O)C(C)C)cs3)c3ccc4cc(NCc5ccc(O)cc5)cc5ccc2c3c54)n1)C(C)C.CC(C)Cc1csc(CNc2cc(NCc3nc(CC(C)C)cs3)c3ccc4cc(NC(=O)[C@@H](N)CCCCN)cc5ccc2c3c54)n1. The number of Topliss-reactive ketones (excluding diaryl/α,β-unsaturated/α-hetero) is 1. The number of amides is 1. The lowest BCUT2D eigenvalue weighted by Crippen LogP contribution is -2.35. The third-order valence-corrected chi connectivity index (χ3v) is 21.0. The lowest BCUT2D eigenvalue weighted by Gasteiger charge is -2.20. The van der Waals surface area contributed by atoms with E-state index in [1.54, 1.807) is 46.1 Å². The topological polar surface area (TPSA) is 230 Å². The minimum atomic E-state index is -0.566. The number of nitrogens with two attached hydrogens (primary N) is 2. The quantitative estimate of drug-likeness (QED) is 0.0121. The molecular formula is C78H86N12O3S4. The Labute approximate surface area is 583 Å². The molecule has 4 aromatic heterocycles. The second kappa shape index (κ2) is 30.3. The predicted molar refractivity (Wildman–Crippen MR) is 413 cm³/mol. The summed E-state index contributed by atoms with van der Waals surface area (Å²) in [4.78, 5) is 44.8. The first kappa shape index (κ1) is 68.1. The number of thiazole rings is 4. The van der Waals surface area contributed by atoms with Crippen LogP contribution in [0.25, 0.3) is 70.2 Å². The number of carbonyl (C=O) groups excluding carboxylic acids is 2. The number of nitrogens with zero attached hydrogens (tertiary/aromatic N) is 4. The number of ketones is 1. The summed E-state index contributed by atoms with van der Waals surface area (Å²) in [5.41, 5.74) is 23.7. The van der Waals surface area contributed by atoms with Crippen molar-refractivity contribution in [1.29, 1.82) is 0 Å². The standard InChI is InChI=1S/C40H39N5O2S2.C38H47N7OS2/c1-22(2)24(5)34-20-48-36(44-34)18-42-32-16-33(43-19-37-45-35(21-49-37)40(47)23(3)4)31-13-9-27-15-28(41-17-25-6-10-29(46)11-7-25)14-26-8-12-30(32)39(31)38(26)27;1-22(2)13-27-20-47-34(43-27)18-41-32-17-33(42-19-35-44-28(21-48-35)14-23(3)4)30-11-9-25-16-26(45-38(46)31(40)7-5-6-12-39)15-24-8-10-29(32)37(30)36(24)25/h6-16,20-23,41-43,46H,5,17-19H2,1-4H3;8-11,15-17,20-23,31,41-42H,5-7,12-14,18-19,39-40H2,1-4H3,(H,45,46)/t;31-/m.0/s1. The predicted octanol–water partition coefficient (Wildman–Crippen LogP) is 19.1. The number of rotatable bonds is 29. The molecule has 0 saturated heterocycles. The minimum absolute atomic E-state index is 0.0657. The molecular weight excluding hydrogens is 1280 g/mol. The van der Waals surface area contributed by atoms with Gasteiger partial charge in [0.2, 0.25) is 5.91 Å². The maximum Gasteiger partial charge on any atom is 0.241 e. The molecule has 0 aliphatic rings. The number of aromatic hydroxyl groups is 1. The van der Waals surface area contributed by atoms with Gasteiger partial charge >= 0.3 is 0 Å². The van der Waals surface area contributed by atoms with Crippen LogP contribution in [0.2, 0.25) is 0 Å². The molecule has 1 amide bonds. The summed E-state index contributed by atoms with van der Waals surface area (Å²) >= 11 is 6.58. The first-order chi connectivity index (χ1) is 46.8. The van der Waals surface area contributed by atoms with Gasteiger partial charge in [0.25, 0.3) is 0 Å². The van der Waals surface area contributed by atoms with Crippen LogP contribution in [-0.4, -0.2) is 49.3 Å². The Bertz CT molecular complexity index is 4660. The summed E-state index contributed by atoms with van der Waals surface area (Å²) in [6.45, 7) is 24.9. The van der Waals surface area contributed by atoms with Crippen molar-refractivity contribution in [2.24, 2.45) is 35.1 Å². The molecule has 0 fully saturated rings. The molecule has 1 atom stereocenters.